The molecule has 0 fully saturated rings. The fraction of sp³-hybridized carbons (Fsp3) is 0.595. The monoisotopic (exact) mass is 696 g/mol. The third-order valence-electron chi connectivity index (χ3n) is 8.31. The van der Waals surface area contributed by atoms with Crippen LogP contribution in [0.15, 0.2) is 36.4 Å². The topological polar surface area (TPSA) is 108 Å². The van der Waals surface area contributed by atoms with Gasteiger partial charge in [-0.15, -0.1) is 24.8 Å². The molecule has 3 rings (SSSR count). The molecule has 47 heavy (non-hydrogen) atoms. The maximum Gasteiger partial charge on any atom is 0.338 e. The average molecular weight is 698 g/mol. The number of fused-ring (bicyclic) bond motifs is 3. The van der Waals surface area contributed by atoms with E-state index in [1.54, 1.807) is 36.4 Å². The first-order valence-corrected chi connectivity index (χ1v) is 17.0. The van der Waals surface area contributed by atoms with Crippen LogP contribution in [0.4, 0.5) is 0 Å². The largest absolute Gasteiger partial charge is 0.462 e. The van der Waals surface area contributed by atoms with Crippen molar-refractivity contribution in [1.29, 1.82) is 0 Å². The molecule has 2 aromatic rings. The van der Waals surface area contributed by atoms with E-state index >= 15 is 0 Å². The molecular weight excluding hydrogens is 639 g/mol. The minimum absolute atomic E-state index is 0. The fourth-order valence-electron chi connectivity index (χ4n) is 5.60. The molecule has 0 spiro atoms. The second-order valence-corrected chi connectivity index (χ2v) is 11.9. The van der Waals surface area contributed by atoms with Gasteiger partial charge in [-0.1, -0.05) is 65.5 Å². The summed E-state index contributed by atoms with van der Waals surface area (Å²) in [5.41, 5.74) is 3.19. The number of hydrogen-bond donors (Lipinski definition) is 0. The summed E-state index contributed by atoms with van der Waals surface area (Å²) in [6.07, 6.45) is 10.9. The molecule has 266 valence electrons. The van der Waals surface area contributed by atoms with Crippen LogP contribution in [-0.4, -0.2) is 85.5 Å². The minimum Gasteiger partial charge on any atom is -0.462 e. The van der Waals surface area contributed by atoms with Crippen molar-refractivity contribution in [3.63, 3.8) is 0 Å². The summed E-state index contributed by atoms with van der Waals surface area (Å²) in [4.78, 5) is 43.9. The number of carbonyl (C=O) groups excluding carboxylic acids is 3. The Hall–Kier alpha value is -2.49. The molecule has 10 heteroatoms. The molecule has 2 N–H and O–H groups in total. The van der Waals surface area contributed by atoms with E-state index in [9.17, 15) is 14.4 Å². The molecule has 8 nitrogen and oxygen atoms in total. The molecule has 0 amide bonds. The van der Waals surface area contributed by atoms with Crippen LogP contribution in [0.25, 0.3) is 11.1 Å². The van der Waals surface area contributed by atoms with Gasteiger partial charge in [0, 0.05) is 24.2 Å². The van der Waals surface area contributed by atoms with Gasteiger partial charge in [-0.3, -0.25) is 4.79 Å². The summed E-state index contributed by atoms with van der Waals surface area (Å²) < 4.78 is 11.1. The Bertz CT molecular complexity index is 1120. The van der Waals surface area contributed by atoms with Gasteiger partial charge in [0.1, 0.15) is 0 Å². The van der Waals surface area contributed by atoms with E-state index in [1.165, 1.54) is 51.4 Å². The summed E-state index contributed by atoms with van der Waals surface area (Å²) >= 11 is 0. The van der Waals surface area contributed by atoms with E-state index in [-0.39, 0.29) is 36.1 Å². The summed E-state index contributed by atoms with van der Waals surface area (Å²) in [5.74, 6) is -1.03. The van der Waals surface area contributed by atoms with Gasteiger partial charge in [0.2, 0.25) is 0 Å². The lowest BCUT2D eigenvalue weighted by atomic mass is 10.0. The standard InChI is InChI=1S/C37H54N2O5.2ClH.H2O/c1-5-9-19-38(20-10-6-2)23-13-25-43-36(41)29-15-17-31-32-18-16-30(28-34(32)35(40)33(31)27-29)37(42)44-26-14-24-39(21-11-7-3)22-12-8-4;;;/h15-18,27-28H,5-14,19-26H2,1-4H3;2*1H;1H2. The highest BCUT2D eigenvalue weighted by atomic mass is 35.5. The molecule has 0 saturated heterocycles. The number of halogens is 2. The van der Waals surface area contributed by atoms with E-state index < -0.39 is 11.9 Å². The number of benzene rings is 2. The van der Waals surface area contributed by atoms with Gasteiger partial charge in [-0.25, -0.2) is 9.59 Å². The number of rotatable bonds is 22. The van der Waals surface area contributed by atoms with Crippen molar-refractivity contribution in [2.75, 3.05) is 52.5 Å². The summed E-state index contributed by atoms with van der Waals surface area (Å²) in [5, 5.41) is 0. The molecule has 0 bridgehead atoms. The smallest absolute Gasteiger partial charge is 0.338 e. The zero-order valence-corrected chi connectivity index (χ0v) is 30.6. The summed E-state index contributed by atoms with van der Waals surface area (Å²) in [7, 11) is 0. The molecule has 0 unspecified atom stereocenters. The highest BCUT2D eigenvalue weighted by Crippen LogP contribution is 2.37. The lowest BCUT2D eigenvalue weighted by molar-refractivity contribution is 0.0478. The van der Waals surface area contributed by atoms with Crippen molar-refractivity contribution in [3.8, 4) is 11.1 Å². The quantitative estimate of drug-likeness (QED) is 0.0779. The van der Waals surface area contributed by atoms with E-state index in [1.807, 2.05) is 0 Å². The van der Waals surface area contributed by atoms with Crippen molar-refractivity contribution in [1.82, 2.24) is 9.80 Å². The Labute approximate surface area is 295 Å². The second kappa shape index (κ2) is 24.6. The van der Waals surface area contributed by atoms with Crippen LogP contribution < -0.4 is 0 Å². The molecule has 0 atom stereocenters. The first kappa shape index (κ1) is 44.5. The van der Waals surface area contributed by atoms with Crippen LogP contribution in [-0.2, 0) is 9.47 Å². The first-order valence-electron chi connectivity index (χ1n) is 17.0. The minimum atomic E-state index is -0.419. The molecule has 2 aromatic carbocycles. The van der Waals surface area contributed by atoms with Crippen molar-refractivity contribution in [2.24, 2.45) is 0 Å². The summed E-state index contributed by atoms with van der Waals surface area (Å²) in [6.45, 7) is 15.6. The molecule has 0 aromatic heterocycles. The number of esters is 2. The van der Waals surface area contributed by atoms with Gasteiger partial charge in [0.15, 0.2) is 5.78 Å². The highest BCUT2D eigenvalue weighted by Gasteiger charge is 2.29. The normalized spacial score (nSPS) is 11.3. The van der Waals surface area contributed by atoms with Gasteiger partial charge in [0.25, 0.3) is 0 Å². The number of nitrogens with zero attached hydrogens (tertiary/aromatic N) is 2. The Balaban J connectivity index is 0.00000705. The second-order valence-electron chi connectivity index (χ2n) is 11.9. The summed E-state index contributed by atoms with van der Waals surface area (Å²) in [6, 6.07) is 10.3. The zero-order valence-electron chi connectivity index (χ0n) is 28.9. The molecule has 1 aliphatic rings. The van der Waals surface area contributed by atoms with E-state index in [4.69, 9.17) is 9.47 Å². The van der Waals surface area contributed by atoms with Crippen molar-refractivity contribution in [3.05, 3.63) is 58.7 Å². The molecular formula is C37H58Cl2N2O6. The highest BCUT2D eigenvalue weighted by molar-refractivity contribution is 6.22. The van der Waals surface area contributed by atoms with E-state index in [0.29, 0.717) is 35.5 Å². The lowest BCUT2D eigenvalue weighted by Crippen LogP contribution is -2.28. The Morgan fingerprint density at radius 1 is 0.532 bits per heavy atom. The van der Waals surface area contributed by atoms with Gasteiger partial charge < -0.3 is 24.7 Å². The molecule has 1 aliphatic carbocycles. The number of ketones is 1. The third-order valence-corrected chi connectivity index (χ3v) is 8.31. The molecule has 0 saturated carbocycles. The number of carbonyl (C=O) groups is 3. The number of ether oxygens (including phenoxy) is 2. The van der Waals surface area contributed by atoms with Gasteiger partial charge in [-0.2, -0.15) is 0 Å². The van der Waals surface area contributed by atoms with Crippen LogP contribution in [0.5, 0.6) is 0 Å². The van der Waals surface area contributed by atoms with Crippen LogP contribution in [0.3, 0.4) is 0 Å². The van der Waals surface area contributed by atoms with Crippen LogP contribution in [0, 0.1) is 0 Å². The van der Waals surface area contributed by atoms with Crippen molar-refractivity contribution < 1.29 is 29.3 Å². The predicted octanol–water partition coefficient (Wildman–Crippen LogP) is 7.82. The Kier molecular flexibility index (Phi) is 23.3. The molecule has 0 aliphatic heterocycles. The third kappa shape index (κ3) is 13.9. The average Bonchev–Trinajstić information content (AvgIpc) is 3.33. The van der Waals surface area contributed by atoms with Crippen LogP contribution in [0.2, 0.25) is 0 Å². The van der Waals surface area contributed by atoms with Crippen molar-refractivity contribution in [2.45, 2.75) is 91.9 Å². The zero-order chi connectivity index (χ0) is 31.7. The van der Waals surface area contributed by atoms with Crippen molar-refractivity contribution >= 4 is 42.5 Å². The predicted molar refractivity (Wildman–Crippen MR) is 196 cm³/mol. The van der Waals surface area contributed by atoms with Gasteiger partial charge in [-0.05, 0) is 100 Å². The molecule has 0 heterocycles. The van der Waals surface area contributed by atoms with Crippen LogP contribution >= 0.6 is 24.8 Å². The SMILES string of the molecule is CCCCN(CCCC)CCCOC(=O)c1ccc2c(c1)C(=O)c1cc(C(=O)OCCCN(CCCC)CCCC)ccc1-2.Cl.Cl.O. The van der Waals surface area contributed by atoms with Crippen LogP contribution in [0.1, 0.15) is 129 Å². The molecule has 0 radical (unpaired) electrons. The van der Waals surface area contributed by atoms with Gasteiger partial charge in [0.05, 0.1) is 24.3 Å². The maximum atomic E-state index is 13.3. The maximum absolute atomic E-state index is 13.3. The number of unbranched alkanes of at least 4 members (excludes halogenated alkanes) is 4. The van der Waals surface area contributed by atoms with E-state index in [2.05, 4.69) is 37.5 Å². The lowest BCUT2D eigenvalue weighted by Gasteiger charge is -2.21. The van der Waals surface area contributed by atoms with Gasteiger partial charge >= 0.3 is 11.9 Å². The Morgan fingerprint density at radius 2 is 0.851 bits per heavy atom. The first-order chi connectivity index (χ1) is 21.4. The number of hydrogen-bond acceptors (Lipinski definition) is 7. The van der Waals surface area contributed by atoms with E-state index in [0.717, 1.165) is 63.2 Å². The fourth-order valence-corrected chi connectivity index (χ4v) is 5.60. The Morgan fingerprint density at radius 3 is 1.17 bits per heavy atom.